The molecular weight excluding hydrogens is 324 g/mol. The highest BCUT2D eigenvalue weighted by Gasteiger charge is 2.11. The Bertz CT molecular complexity index is 268. The molecule has 0 aliphatic carbocycles. The first kappa shape index (κ1) is 12.7. The van der Waals surface area contributed by atoms with Crippen molar-refractivity contribution in [3.8, 4) is 0 Å². The molecule has 3 heteroatoms. The maximum atomic E-state index is 3.60. The van der Waals surface area contributed by atoms with Crippen molar-refractivity contribution in [3.63, 3.8) is 0 Å². The smallest absolute Gasteiger partial charge is 0.0285 e. The maximum Gasteiger partial charge on any atom is 0.0285 e. The fourth-order valence-electron chi connectivity index (χ4n) is 1.61. The Hall–Kier alpha value is 0.660. The van der Waals surface area contributed by atoms with E-state index in [2.05, 4.69) is 57.2 Å². The lowest BCUT2D eigenvalue weighted by molar-refractivity contribution is 0.447. The van der Waals surface area contributed by atoms with Gasteiger partial charge in [-0.1, -0.05) is 29.8 Å². The zero-order chi connectivity index (χ0) is 10.6. The minimum absolute atomic E-state index is 0.778. The van der Waals surface area contributed by atoms with Crippen LogP contribution in [-0.2, 0) is 6.42 Å². The first-order valence-electron chi connectivity index (χ1n) is 4.90. The third kappa shape index (κ3) is 4.45. The van der Waals surface area contributed by atoms with Gasteiger partial charge in [0.15, 0.2) is 0 Å². The lowest BCUT2D eigenvalue weighted by atomic mass is 9.95. The fourth-order valence-corrected chi connectivity index (χ4v) is 3.67. The van der Waals surface area contributed by atoms with Crippen LogP contribution in [0.1, 0.15) is 25.1 Å². The van der Waals surface area contributed by atoms with Crippen molar-refractivity contribution in [2.24, 2.45) is 11.8 Å². The molecule has 1 aromatic heterocycles. The van der Waals surface area contributed by atoms with E-state index in [9.17, 15) is 0 Å². The van der Waals surface area contributed by atoms with Gasteiger partial charge in [-0.2, -0.15) is 0 Å². The van der Waals surface area contributed by atoms with Crippen LogP contribution in [0.15, 0.2) is 15.9 Å². The quantitative estimate of drug-likeness (QED) is 0.654. The van der Waals surface area contributed by atoms with Gasteiger partial charge in [0.25, 0.3) is 0 Å². The fraction of sp³-hybridized carbons (Fsp3) is 0.636. The third-order valence-electron chi connectivity index (χ3n) is 2.13. The summed E-state index contributed by atoms with van der Waals surface area (Å²) in [7, 11) is 0. The van der Waals surface area contributed by atoms with Gasteiger partial charge in [0.1, 0.15) is 0 Å². The van der Waals surface area contributed by atoms with Crippen LogP contribution < -0.4 is 0 Å². The second-order valence-electron chi connectivity index (χ2n) is 4.09. The zero-order valence-corrected chi connectivity index (χ0v) is 12.6. The first-order chi connectivity index (χ1) is 6.61. The van der Waals surface area contributed by atoms with E-state index in [0.29, 0.717) is 0 Å². The summed E-state index contributed by atoms with van der Waals surface area (Å²) in [6.07, 6.45) is 2.51. The van der Waals surface area contributed by atoms with Gasteiger partial charge in [0.2, 0.25) is 0 Å². The molecule has 0 nitrogen and oxygen atoms in total. The van der Waals surface area contributed by atoms with Gasteiger partial charge in [0, 0.05) is 20.1 Å². The van der Waals surface area contributed by atoms with Crippen LogP contribution in [0.4, 0.5) is 0 Å². The van der Waals surface area contributed by atoms with E-state index in [1.807, 2.05) is 11.3 Å². The van der Waals surface area contributed by atoms with Gasteiger partial charge < -0.3 is 0 Å². The van der Waals surface area contributed by atoms with Gasteiger partial charge in [-0.05, 0) is 46.7 Å². The molecule has 0 bridgehead atoms. The highest BCUT2D eigenvalue weighted by atomic mass is 79.9. The van der Waals surface area contributed by atoms with Crippen molar-refractivity contribution < 1.29 is 0 Å². The topological polar surface area (TPSA) is 0 Å². The monoisotopic (exact) mass is 338 g/mol. The van der Waals surface area contributed by atoms with Crippen LogP contribution in [0, 0.1) is 11.8 Å². The zero-order valence-electron chi connectivity index (χ0n) is 8.59. The summed E-state index contributed by atoms with van der Waals surface area (Å²) in [5, 5.41) is 3.27. The molecule has 0 spiro atoms. The summed E-state index contributed by atoms with van der Waals surface area (Å²) in [6.45, 7) is 4.58. The molecule has 0 saturated carbocycles. The number of rotatable bonds is 5. The Balaban J connectivity index is 2.48. The molecule has 1 unspecified atom stereocenters. The molecule has 0 N–H and O–H groups in total. The largest absolute Gasteiger partial charge is 0.148 e. The lowest BCUT2D eigenvalue weighted by Gasteiger charge is -2.15. The summed E-state index contributed by atoms with van der Waals surface area (Å²) >= 11 is 8.95. The minimum Gasteiger partial charge on any atom is -0.148 e. The van der Waals surface area contributed by atoms with Crippen LogP contribution >= 0.6 is 43.2 Å². The van der Waals surface area contributed by atoms with Crippen LogP contribution in [0.2, 0.25) is 0 Å². The van der Waals surface area contributed by atoms with Crippen molar-refractivity contribution in [3.05, 3.63) is 20.8 Å². The molecule has 80 valence electrons. The van der Waals surface area contributed by atoms with Crippen LogP contribution in [0.5, 0.6) is 0 Å². The Labute approximate surface area is 107 Å². The first-order valence-corrected chi connectivity index (χ1v) is 7.70. The van der Waals surface area contributed by atoms with E-state index in [1.54, 1.807) is 0 Å². The standard InChI is InChI=1S/C11H16Br2S/c1-8(2)3-9(6-12)4-11-5-10(13)7-14-11/h5,7-9H,3-4,6H2,1-2H3. The maximum absolute atomic E-state index is 3.60. The summed E-state index contributed by atoms with van der Waals surface area (Å²) in [5.41, 5.74) is 0. The van der Waals surface area contributed by atoms with Gasteiger partial charge >= 0.3 is 0 Å². The molecular formula is C11H16Br2S. The third-order valence-corrected chi connectivity index (χ3v) is 4.77. The van der Waals surface area contributed by atoms with E-state index >= 15 is 0 Å². The molecule has 0 aliphatic rings. The molecule has 1 rings (SSSR count). The van der Waals surface area contributed by atoms with Crippen LogP contribution in [0.25, 0.3) is 0 Å². The van der Waals surface area contributed by atoms with Crippen molar-refractivity contribution in [2.45, 2.75) is 26.7 Å². The van der Waals surface area contributed by atoms with Crippen LogP contribution in [0.3, 0.4) is 0 Å². The molecule has 0 fully saturated rings. The van der Waals surface area contributed by atoms with E-state index in [1.165, 1.54) is 22.2 Å². The minimum atomic E-state index is 0.778. The van der Waals surface area contributed by atoms with E-state index in [-0.39, 0.29) is 0 Å². The molecule has 0 aromatic carbocycles. The number of hydrogen-bond donors (Lipinski definition) is 0. The second kappa shape index (κ2) is 6.29. The van der Waals surface area contributed by atoms with Crippen molar-refractivity contribution in [1.29, 1.82) is 0 Å². The number of alkyl halides is 1. The molecule has 1 atom stereocenters. The predicted octanol–water partition coefficient (Wildman–Crippen LogP) is 5.11. The van der Waals surface area contributed by atoms with E-state index in [4.69, 9.17) is 0 Å². The summed E-state index contributed by atoms with van der Waals surface area (Å²) in [4.78, 5) is 1.49. The highest BCUT2D eigenvalue weighted by molar-refractivity contribution is 9.10. The molecule has 0 aliphatic heterocycles. The molecule has 0 radical (unpaired) electrons. The average Bonchev–Trinajstić information content (AvgIpc) is 2.49. The van der Waals surface area contributed by atoms with Crippen molar-refractivity contribution in [2.75, 3.05) is 5.33 Å². The SMILES string of the molecule is CC(C)CC(CBr)Cc1cc(Br)cs1. The Morgan fingerprint density at radius 3 is 2.57 bits per heavy atom. The predicted molar refractivity (Wildman–Crippen MR) is 72.5 cm³/mol. The Kier molecular flexibility index (Phi) is 5.72. The molecule has 1 aromatic rings. The Morgan fingerprint density at radius 1 is 1.43 bits per heavy atom. The molecule has 0 saturated heterocycles. The second-order valence-corrected chi connectivity index (χ2v) is 6.64. The molecule has 0 amide bonds. The molecule has 1 heterocycles. The van der Waals surface area contributed by atoms with Crippen LogP contribution in [-0.4, -0.2) is 5.33 Å². The molecule has 14 heavy (non-hydrogen) atoms. The number of thiophene rings is 1. The van der Waals surface area contributed by atoms with Gasteiger partial charge in [-0.25, -0.2) is 0 Å². The van der Waals surface area contributed by atoms with Crippen molar-refractivity contribution >= 4 is 43.2 Å². The lowest BCUT2D eigenvalue weighted by Crippen LogP contribution is -2.08. The highest BCUT2D eigenvalue weighted by Crippen LogP contribution is 2.25. The summed E-state index contributed by atoms with van der Waals surface area (Å²) in [6, 6.07) is 2.24. The van der Waals surface area contributed by atoms with Crippen molar-refractivity contribution in [1.82, 2.24) is 0 Å². The number of hydrogen-bond acceptors (Lipinski definition) is 1. The van der Waals surface area contributed by atoms with Gasteiger partial charge in [0.05, 0.1) is 0 Å². The number of halogens is 2. The Morgan fingerprint density at radius 2 is 2.14 bits per heavy atom. The summed E-state index contributed by atoms with van der Waals surface area (Å²) in [5.74, 6) is 1.57. The average molecular weight is 340 g/mol. The van der Waals surface area contributed by atoms with E-state index in [0.717, 1.165) is 17.2 Å². The van der Waals surface area contributed by atoms with E-state index < -0.39 is 0 Å². The van der Waals surface area contributed by atoms with Gasteiger partial charge in [-0.3, -0.25) is 0 Å². The van der Waals surface area contributed by atoms with Gasteiger partial charge in [-0.15, -0.1) is 11.3 Å². The normalized spacial score (nSPS) is 13.5. The summed E-state index contributed by atoms with van der Waals surface area (Å²) < 4.78 is 1.22.